The lowest BCUT2D eigenvalue weighted by Crippen LogP contribution is -2.33. The number of nitrogens with zero attached hydrogens (tertiary/aromatic N) is 4. The van der Waals surface area contributed by atoms with E-state index in [2.05, 4.69) is 50.1 Å². The van der Waals surface area contributed by atoms with E-state index in [-0.39, 0.29) is 11.9 Å². The van der Waals surface area contributed by atoms with Gasteiger partial charge in [0.15, 0.2) is 5.65 Å². The Balaban J connectivity index is 1.68. The summed E-state index contributed by atoms with van der Waals surface area (Å²) in [4.78, 5) is 20.1. The molecule has 2 heterocycles. The normalized spacial score (nSPS) is 14.1. The van der Waals surface area contributed by atoms with E-state index >= 15 is 0 Å². The molecule has 5 nitrogen and oxygen atoms in total. The average molecular weight is 362 g/mol. The summed E-state index contributed by atoms with van der Waals surface area (Å²) in [5.74, 6) is 0.0724. The zero-order valence-corrected chi connectivity index (χ0v) is 16.4. The number of carbonyl (C=O) groups is 1. The zero-order chi connectivity index (χ0) is 19.1. The topological polar surface area (TPSA) is 51.0 Å². The number of benzene rings is 1. The number of aryl methyl sites for hydroxylation is 2. The van der Waals surface area contributed by atoms with Gasteiger partial charge in [-0.25, -0.2) is 9.67 Å². The molecule has 1 saturated carbocycles. The molecule has 1 amide bonds. The molecule has 0 saturated heterocycles. The number of aromatic nitrogens is 3. The standard InChI is InChI=1S/C22H26N4O/c1-14(2)26-21-18(12-23-26)11-20(16(4)24-21)22(27)25(19-8-9-19)13-17-7-5-6-15(3)10-17/h5-7,10-12,14,19H,8-9,13H2,1-4H3. The van der Waals surface area contributed by atoms with Crippen molar-refractivity contribution in [2.45, 2.75) is 59.2 Å². The van der Waals surface area contributed by atoms with Crippen LogP contribution in [-0.2, 0) is 6.54 Å². The first-order valence-electron chi connectivity index (χ1n) is 9.65. The van der Waals surface area contributed by atoms with E-state index < -0.39 is 0 Å². The van der Waals surface area contributed by atoms with Crippen LogP contribution in [0.1, 0.15) is 59.9 Å². The molecule has 1 aliphatic rings. The van der Waals surface area contributed by atoms with Crippen LogP contribution in [0, 0.1) is 13.8 Å². The van der Waals surface area contributed by atoms with Gasteiger partial charge in [0.2, 0.25) is 0 Å². The Morgan fingerprint density at radius 3 is 2.70 bits per heavy atom. The predicted octanol–water partition coefficient (Wildman–Crippen LogP) is 4.43. The third-order valence-electron chi connectivity index (χ3n) is 5.16. The maximum absolute atomic E-state index is 13.4. The maximum Gasteiger partial charge on any atom is 0.256 e. The second-order valence-corrected chi connectivity index (χ2v) is 7.87. The Kier molecular flexibility index (Phi) is 4.46. The van der Waals surface area contributed by atoms with Crippen LogP contribution >= 0.6 is 0 Å². The Morgan fingerprint density at radius 1 is 1.26 bits per heavy atom. The van der Waals surface area contributed by atoms with Crippen molar-refractivity contribution in [1.29, 1.82) is 0 Å². The Hall–Kier alpha value is -2.69. The highest BCUT2D eigenvalue weighted by molar-refractivity contribution is 5.98. The van der Waals surface area contributed by atoms with Gasteiger partial charge in [-0.3, -0.25) is 4.79 Å². The van der Waals surface area contributed by atoms with Crippen molar-refractivity contribution in [1.82, 2.24) is 19.7 Å². The molecule has 0 unspecified atom stereocenters. The molecule has 2 aromatic heterocycles. The number of fused-ring (bicyclic) bond motifs is 1. The lowest BCUT2D eigenvalue weighted by atomic mass is 10.1. The van der Waals surface area contributed by atoms with Crippen molar-refractivity contribution in [3.63, 3.8) is 0 Å². The molecule has 1 fully saturated rings. The summed E-state index contributed by atoms with van der Waals surface area (Å²) in [5, 5.41) is 5.36. The number of pyridine rings is 1. The van der Waals surface area contributed by atoms with Gasteiger partial charge in [0.25, 0.3) is 5.91 Å². The Labute approximate surface area is 160 Å². The Morgan fingerprint density at radius 2 is 2.04 bits per heavy atom. The van der Waals surface area contributed by atoms with Crippen LogP contribution in [0.2, 0.25) is 0 Å². The van der Waals surface area contributed by atoms with E-state index in [0.29, 0.717) is 18.2 Å². The number of rotatable bonds is 5. The molecule has 3 aromatic rings. The van der Waals surface area contributed by atoms with Crippen molar-refractivity contribution in [3.8, 4) is 0 Å². The minimum Gasteiger partial charge on any atom is -0.331 e. The summed E-state index contributed by atoms with van der Waals surface area (Å²) in [6.45, 7) is 8.82. The van der Waals surface area contributed by atoms with E-state index in [1.807, 2.05) is 22.6 Å². The fourth-order valence-electron chi connectivity index (χ4n) is 3.57. The molecule has 140 valence electrons. The molecule has 0 N–H and O–H groups in total. The molecule has 0 spiro atoms. The van der Waals surface area contributed by atoms with Crippen LogP contribution in [0.15, 0.2) is 36.5 Å². The number of carbonyl (C=O) groups excluding carboxylic acids is 1. The van der Waals surface area contributed by atoms with Crippen LogP contribution < -0.4 is 0 Å². The SMILES string of the molecule is Cc1cccc(CN(C(=O)c2cc3cnn(C(C)C)c3nc2C)C2CC2)c1. The van der Waals surface area contributed by atoms with Gasteiger partial charge in [-0.1, -0.05) is 29.8 Å². The molecule has 0 atom stereocenters. The molecular formula is C22H26N4O. The van der Waals surface area contributed by atoms with E-state index in [1.165, 1.54) is 11.1 Å². The van der Waals surface area contributed by atoms with Crippen LogP contribution in [0.3, 0.4) is 0 Å². The maximum atomic E-state index is 13.4. The molecule has 0 bridgehead atoms. The summed E-state index contributed by atoms with van der Waals surface area (Å²) in [6.07, 6.45) is 3.97. The Bertz CT molecular complexity index is 1000. The van der Waals surface area contributed by atoms with Crippen molar-refractivity contribution < 1.29 is 4.79 Å². The molecule has 5 heteroatoms. The number of hydrogen-bond donors (Lipinski definition) is 0. The smallest absolute Gasteiger partial charge is 0.256 e. The lowest BCUT2D eigenvalue weighted by molar-refractivity contribution is 0.0729. The predicted molar refractivity (Wildman–Crippen MR) is 107 cm³/mol. The van der Waals surface area contributed by atoms with Crippen molar-refractivity contribution >= 4 is 16.9 Å². The van der Waals surface area contributed by atoms with Gasteiger partial charge >= 0.3 is 0 Å². The van der Waals surface area contributed by atoms with E-state index in [9.17, 15) is 4.79 Å². The molecule has 1 aliphatic carbocycles. The molecule has 4 rings (SSSR count). The third-order valence-corrected chi connectivity index (χ3v) is 5.16. The van der Waals surface area contributed by atoms with Crippen LogP contribution in [0.4, 0.5) is 0 Å². The van der Waals surface area contributed by atoms with E-state index in [0.717, 1.165) is 29.6 Å². The zero-order valence-electron chi connectivity index (χ0n) is 16.4. The fourth-order valence-corrected chi connectivity index (χ4v) is 3.57. The van der Waals surface area contributed by atoms with Crippen molar-refractivity contribution in [2.24, 2.45) is 0 Å². The molecule has 0 radical (unpaired) electrons. The van der Waals surface area contributed by atoms with Gasteiger partial charge in [0, 0.05) is 24.0 Å². The van der Waals surface area contributed by atoms with Gasteiger partial charge in [0.05, 0.1) is 17.5 Å². The van der Waals surface area contributed by atoms with Crippen molar-refractivity contribution in [3.05, 3.63) is 58.9 Å². The van der Waals surface area contributed by atoms with Gasteiger partial charge in [0.1, 0.15) is 0 Å². The summed E-state index contributed by atoms with van der Waals surface area (Å²) in [5.41, 5.74) is 4.69. The van der Waals surface area contributed by atoms with Gasteiger partial charge in [-0.2, -0.15) is 5.10 Å². The molecule has 1 aromatic carbocycles. The largest absolute Gasteiger partial charge is 0.331 e. The average Bonchev–Trinajstić information content (AvgIpc) is 3.38. The van der Waals surface area contributed by atoms with Crippen LogP contribution in [-0.4, -0.2) is 31.6 Å². The molecule has 0 aliphatic heterocycles. The highest BCUT2D eigenvalue weighted by Crippen LogP contribution is 2.31. The summed E-state index contributed by atoms with van der Waals surface area (Å²) >= 11 is 0. The van der Waals surface area contributed by atoms with E-state index in [1.54, 1.807) is 6.20 Å². The van der Waals surface area contributed by atoms with Gasteiger partial charge < -0.3 is 4.90 Å². The summed E-state index contributed by atoms with van der Waals surface area (Å²) in [6, 6.07) is 10.9. The second kappa shape index (κ2) is 6.80. The van der Waals surface area contributed by atoms with Crippen molar-refractivity contribution in [2.75, 3.05) is 0 Å². The monoisotopic (exact) mass is 362 g/mol. The quantitative estimate of drug-likeness (QED) is 0.674. The number of amides is 1. The highest BCUT2D eigenvalue weighted by atomic mass is 16.2. The first-order valence-corrected chi connectivity index (χ1v) is 9.65. The molecule has 27 heavy (non-hydrogen) atoms. The lowest BCUT2D eigenvalue weighted by Gasteiger charge is -2.23. The minimum absolute atomic E-state index is 0.0724. The van der Waals surface area contributed by atoms with Gasteiger partial charge in [-0.15, -0.1) is 0 Å². The first-order chi connectivity index (χ1) is 12.9. The first kappa shape index (κ1) is 17.7. The highest BCUT2D eigenvalue weighted by Gasteiger charge is 2.34. The molecular weight excluding hydrogens is 336 g/mol. The minimum atomic E-state index is 0.0724. The summed E-state index contributed by atoms with van der Waals surface area (Å²) < 4.78 is 1.90. The van der Waals surface area contributed by atoms with Crippen LogP contribution in [0.25, 0.3) is 11.0 Å². The second-order valence-electron chi connectivity index (χ2n) is 7.87. The van der Waals surface area contributed by atoms with E-state index in [4.69, 9.17) is 4.98 Å². The summed E-state index contributed by atoms with van der Waals surface area (Å²) in [7, 11) is 0. The van der Waals surface area contributed by atoms with Crippen LogP contribution in [0.5, 0.6) is 0 Å². The number of hydrogen-bond acceptors (Lipinski definition) is 3. The van der Waals surface area contributed by atoms with Gasteiger partial charge in [-0.05, 0) is 52.2 Å². The third kappa shape index (κ3) is 3.46. The fraction of sp³-hybridized carbons (Fsp3) is 0.409.